The number of nitrogens with one attached hydrogen (secondary N) is 1. The lowest BCUT2D eigenvalue weighted by Crippen LogP contribution is -2.45. The van der Waals surface area contributed by atoms with E-state index in [-0.39, 0.29) is 43.5 Å². The number of hydrogen-bond acceptors (Lipinski definition) is 3. The van der Waals surface area contributed by atoms with Gasteiger partial charge in [-0.25, -0.2) is 0 Å². The van der Waals surface area contributed by atoms with E-state index in [0.717, 1.165) is 6.07 Å². The van der Waals surface area contributed by atoms with Crippen LogP contribution in [0.1, 0.15) is 23.7 Å². The highest BCUT2D eigenvalue weighted by molar-refractivity contribution is 5.89. The Balaban J connectivity index is 1.77. The molecule has 3 rings (SSSR count). The van der Waals surface area contributed by atoms with Gasteiger partial charge in [0.1, 0.15) is 6.10 Å². The van der Waals surface area contributed by atoms with Crippen molar-refractivity contribution in [3.05, 3.63) is 35.4 Å². The molecule has 24 heavy (non-hydrogen) atoms. The highest BCUT2D eigenvalue weighted by atomic mass is 19.4. The Kier molecular flexibility index (Phi) is 4.49. The summed E-state index contributed by atoms with van der Waals surface area (Å²) in [4.78, 5) is 25.2. The second-order valence-corrected chi connectivity index (χ2v) is 5.93. The first-order chi connectivity index (χ1) is 11.4. The fourth-order valence-corrected chi connectivity index (χ4v) is 3.11. The molecule has 0 radical (unpaired) electrons. The van der Waals surface area contributed by atoms with E-state index in [0.29, 0.717) is 6.54 Å². The lowest BCUT2D eigenvalue weighted by Gasteiger charge is -2.35. The molecule has 0 spiro atoms. The number of nitrogens with zero attached hydrogens (tertiary/aromatic N) is 1. The lowest BCUT2D eigenvalue weighted by molar-refractivity contribution is -0.146. The van der Waals surface area contributed by atoms with E-state index < -0.39 is 23.8 Å². The maximum Gasteiger partial charge on any atom is 0.416 e. The number of hydrogen-bond donors (Lipinski definition) is 1. The molecule has 0 bridgehead atoms. The number of alkyl halides is 3. The van der Waals surface area contributed by atoms with Crippen LogP contribution < -0.4 is 5.32 Å². The zero-order chi connectivity index (χ0) is 17.3. The smallest absolute Gasteiger partial charge is 0.370 e. The van der Waals surface area contributed by atoms with Crippen LogP contribution in [-0.4, -0.2) is 43.0 Å². The molecule has 0 saturated carbocycles. The second kappa shape index (κ2) is 6.43. The first kappa shape index (κ1) is 16.8. The van der Waals surface area contributed by atoms with Crippen LogP contribution in [0.2, 0.25) is 0 Å². The number of carbonyl (C=O) groups excluding carboxylic acids is 2. The molecule has 2 atom stereocenters. The van der Waals surface area contributed by atoms with Crippen LogP contribution in [0.3, 0.4) is 0 Å². The molecule has 2 unspecified atom stereocenters. The van der Waals surface area contributed by atoms with Crippen LogP contribution in [-0.2, 0) is 20.5 Å². The predicted octanol–water partition coefficient (Wildman–Crippen LogP) is 1.74. The molecule has 2 fully saturated rings. The summed E-state index contributed by atoms with van der Waals surface area (Å²) in [6.07, 6.45) is -5.18. The van der Waals surface area contributed by atoms with E-state index in [2.05, 4.69) is 5.32 Å². The number of morpholine rings is 1. The molecule has 2 aliphatic heterocycles. The Morgan fingerprint density at radius 2 is 2.04 bits per heavy atom. The molecule has 1 aromatic carbocycles. The second-order valence-electron chi connectivity index (χ2n) is 5.93. The van der Waals surface area contributed by atoms with Crippen molar-refractivity contribution in [2.24, 2.45) is 5.92 Å². The third-order valence-electron chi connectivity index (χ3n) is 4.32. The van der Waals surface area contributed by atoms with E-state index in [1.165, 1.54) is 23.1 Å². The first-order valence-corrected chi connectivity index (χ1v) is 7.69. The van der Waals surface area contributed by atoms with Crippen LogP contribution in [0.15, 0.2) is 24.3 Å². The summed E-state index contributed by atoms with van der Waals surface area (Å²) in [5.41, 5.74) is -0.717. The van der Waals surface area contributed by atoms with Crippen LogP contribution in [0.4, 0.5) is 13.2 Å². The summed E-state index contributed by atoms with van der Waals surface area (Å²) in [6.45, 7) is 0.806. The van der Waals surface area contributed by atoms with Crippen molar-refractivity contribution >= 4 is 11.8 Å². The van der Waals surface area contributed by atoms with Gasteiger partial charge in [0.2, 0.25) is 11.8 Å². The summed E-state index contributed by atoms with van der Waals surface area (Å²) < 4.78 is 45.0. The van der Waals surface area contributed by atoms with Gasteiger partial charge in [0.15, 0.2) is 0 Å². The Bertz CT molecular complexity index is 648. The van der Waals surface area contributed by atoms with Crippen LogP contribution in [0.5, 0.6) is 0 Å². The summed E-state index contributed by atoms with van der Waals surface area (Å²) >= 11 is 0. The fraction of sp³-hybridized carbons (Fsp3) is 0.500. The predicted molar refractivity (Wildman–Crippen MR) is 77.8 cm³/mol. The molecule has 1 aromatic rings. The summed E-state index contributed by atoms with van der Waals surface area (Å²) in [5, 5.41) is 2.60. The van der Waals surface area contributed by atoms with Gasteiger partial charge in [0.25, 0.3) is 0 Å². The normalized spacial score (nSPS) is 24.8. The van der Waals surface area contributed by atoms with Gasteiger partial charge in [0, 0.05) is 19.5 Å². The number of carbonyl (C=O) groups is 2. The molecular formula is C16H17F3N2O3. The highest BCUT2D eigenvalue weighted by Crippen LogP contribution is 2.36. The summed E-state index contributed by atoms with van der Waals surface area (Å²) in [6, 6.07) is 5.24. The molecule has 2 heterocycles. The molecular weight excluding hydrogens is 325 g/mol. The third kappa shape index (κ3) is 3.38. The number of ether oxygens (including phenoxy) is 1. The van der Waals surface area contributed by atoms with Crippen molar-refractivity contribution in [3.8, 4) is 0 Å². The Morgan fingerprint density at radius 1 is 1.29 bits per heavy atom. The fourth-order valence-electron chi connectivity index (χ4n) is 3.11. The molecule has 0 aromatic heterocycles. The molecule has 2 amide bonds. The molecule has 130 valence electrons. The van der Waals surface area contributed by atoms with Crippen molar-refractivity contribution in [3.63, 3.8) is 0 Å². The Morgan fingerprint density at radius 3 is 2.71 bits per heavy atom. The largest absolute Gasteiger partial charge is 0.416 e. The number of amides is 2. The molecule has 1 N–H and O–H groups in total. The minimum Gasteiger partial charge on any atom is -0.370 e. The lowest BCUT2D eigenvalue weighted by atomic mass is 9.99. The van der Waals surface area contributed by atoms with Crippen molar-refractivity contribution < 1.29 is 27.5 Å². The monoisotopic (exact) mass is 342 g/mol. The zero-order valence-electron chi connectivity index (χ0n) is 12.8. The topological polar surface area (TPSA) is 58.6 Å². The quantitative estimate of drug-likeness (QED) is 0.891. The van der Waals surface area contributed by atoms with E-state index in [1.54, 1.807) is 0 Å². The van der Waals surface area contributed by atoms with Gasteiger partial charge < -0.3 is 15.0 Å². The third-order valence-corrected chi connectivity index (χ3v) is 4.32. The van der Waals surface area contributed by atoms with Gasteiger partial charge in [-0.2, -0.15) is 13.2 Å². The van der Waals surface area contributed by atoms with Crippen LogP contribution in [0.25, 0.3) is 0 Å². The Hall–Kier alpha value is -2.09. The summed E-state index contributed by atoms with van der Waals surface area (Å²) in [5.74, 6) is -0.846. The van der Waals surface area contributed by atoms with Crippen molar-refractivity contribution in [1.29, 1.82) is 0 Å². The maximum atomic E-state index is 13.2. The van der Waals surface area contributed by atoms with E-state index in [1.807, 2.05) is 0 Å². The van der Waals surface area contributed by atoms with E-state index >= 15 is 0 Å². The maximum absolute atomic E-state index is 13.2. The van der Waals surface area contributed by atoms with E-state index in [4.69, 9.17) is 4.74 Å². The van der Waals surface area contributed by atoms with Gasteiger partial charge in [0.05, 0.1) is 24.6 Å². The molecule has 0 aliphatic carbocycles. The average molecular weight is 342 g/mol. The molecule has 5 nitrogen and oxygen atoms in total. The average Bonchev–Trinajstić information content (AvgIpc) is 3.00. The highest BCUT2D eigenvalue weighted by Gasteiger charge is 2.38. The van der Waals surface area contributed by atoms with Crippen molar-refractivity contribution in [2.45, 2.75) is 18.7 Å². The van der Waals surface area contributed by atoms with Gasteiger partial charge in [-0.05, 0) is 11.6 Å². The molecule has 2 aliphatic rings. The number of halogens is 3. The van der Waals surface area contributed by atoms with Crippen LogP contribution in [0, 0.1) is 5.92 Å². The van der Waals surface area contributed by atoms with Gasteiger partial charge in [-0.15, -0.1) is 0 Å². The minimum absolute atomic E-state index is 0.0307. The minimum atomic E-state index is -4.48. The zero-order valence-corrected chi connectivity index (χ0v) is 12.8. The number of rotatable bonds is 2. The SMILES string of the molecule is O=C1CC(C(=O)N2CCOC(c3ccccc3C(F)(F)F)C2)CN1. The van der Waals surface area contributed by atoms with Crippen molar-refractivity contribution in [2.75, 3.05) is 26.2 Å². The summed E-state index contributed by atoms with van der Waals surface area (Å²) in [7, 11) is 0. The molecule has 8 heteroatoms. The van der Waals surface area contributed by atoms with Gasteiger partial charge in [-0.3, -0.25) is 9.59 Å². The first-order valence-electron chi connectivity index (χ1n) is 7.69. The van der Waals surface area contributed by atoms with Gasteiger partial charge in [-0.1, -0.05) is 18.2 Å². The molecule has 2 saturated heterocycles. The van der Waals surface area contributed by atoms with E-state index in [9.17, 15) is 22.8 Å². The number of benzene rings is 1. The van der Waals surface area contributed by atoms with Crippen molar-refractivity contribution in [1.82, 2.24) is 10.2 Å². The standard InChI is InChI=1S/C16H17F3N2O3/c17-16(18,19)12-4-2-1-3-11(12)13-9-21(5-6-24-13)15(23)10-7-14(22)20-8-10/h1-4,10,13H,5-9H2,(H,20,22). The van der Waals surface area contributed by atoms with Gasteiger partial charge >= 0.3 is 6.18 Å². The Labute approximate surface area is 136 Å². The van der Waals surface area contributed by atoms with Crippen LogP contribution >= 0.6 is 0 Å².